The molecule has 0 saturated carbocycles. The standard InChI is InChI=1S/C18H26ClN3O3/c1-2-21(13-15-4-3-9-25-15)18(23)20-16-12-14(19)5-6-17(16)22-7-10-24-11-8-22/h5-6,12,15H,2-4,7-11,13H2,1H3,(H,20,23)/t15-/m1/s1. The van der Waals surface area contributed by atoms with Gasteiger partial charge in [-0.3, -0.25) is 0 Å². The van der Waals surface area contributed by atoms with Crippen LogP contribution in [0.3, 0.4) is 0 Å². The Morgan fingerprint density at radius 3 is 2.84 bits per heavy atom. The number of benzene rings is 1. The zero-order valence-corrected chi connectivity index (χ0v) is 15.4. The van der Waals surface area contributed by atoms with Gasteiger partial charge in [0.1, 0.15) is 0 Å². The molecule has 1 N–H and O–H groups in total. The molecule has 0 aromatic heterocycles. The summed E-state index contributed by atoms with van der Waals surface area (Å²) < 4.78 is 11.1. The van der Waals surface area contributed by atoms with Crippen molar-refractivity contribution in [2.75, 3.05) is 56.2 Å². The van der Waals surface area contributed by atoms with Gasteiger partial charge in [-0.2, -0.15) is 0 Å². The van der Waals surface area contributed by atoms with Crippen LogP contribution in [0.2, 0.25) is 5.02 Å². The summed E-state index contributed by atoms with van der Waals surface area (Å²) in [5, 5.41) is 3.64. The first-order valence-electron chi connectivity index (χ1n) is 8.97. The molecule has 0 bridgehead atoms. The molecule has 25 heavy (non-hydrogen) atoms. The maximum Gasteiger partial charge on any atom is 0.321 e. The summed E-state index contributed by atoms with van der Waals surface area (Å²) in [6.45, 7) is 7.02. The number of nitrogens with zero attached hydrogens (tertiary/aromatic N) is 2. The van der Waals surface area contributed by atoms with Gasteiger partial charge in [-0.1, -0.05) is 11.6 Å². The third-order valence-electron chi connectivity index (χ3n) is 4.67. The molecule has 2 saturated heterocycles. The molecule has 1 aromatic carbocycles. The number of nitrogens with one attached hydrogen (secondary N) is 1. The van der Waals surface area contributed by atoms with Gasteiger partial charge in [0, 0.05) is 37.8 Å². The van der Waals surface area contributed by atoms with Crippen molar-refractivity contribution in [1.82, 2.24) is 4.90 Å². The molecule has 0 spiro atoms. The van der Waals surface area contributed by atoms with E-state index in [1.165, 1.54) is 0 Å². The third-order valence-corrected chi connectivity index (χ3v) is 4.90. The van der Waals surface area contributed by atoms with Gasteiger partial charge in [0.05, 0.1) is 30.7 Å². The van der Waals surface area contributed by atoms with Crippen LogP contribution in [0.4, 0.5) is 16.2 Å². The molecule has 7 heteroatoms. The van der Waals surface area contributed by atoms with Crippen molar-refractivity contribution in [3.05, 3.63) is 23.2 Å². The van der Waals surface area contributed by atoms with E-state index in [0.29, 0.717) is 31.3 Å². The number of ether oxygens (including phenoxy) is 2. The van der Waals surface area contributed by atoms with Gasteiger partial charge in [0.15, 0.2) is 0 Å². The van der Waals surface area contributed by atoms with Crippen LogP contribution in [0.25, 0.3) is 0 Å². The molecular formula is C18H26ClN3O3. The Bertz CT molecular complexity index is 587. The first-order valence-corrected chi connectivity index (χ1v) is 9.35. The number of amides is 2. The Labute approximate surface area is 154 Å². The van der Waals surface area contributed by atoms with Crippen LogP contribution in [-0.2, 0) is 9.47 Å². The van der Waals surface area contributed by atoms with Crippen LogP contribution in [0.1, 0.15) is 19.8 Å². The lowest BCUT2D eigenvalue weighted by Gasteiger charge is -2.31. The maximum atomic E-state index is 12.8. The zero-order valence-electron chi connectivity index (χ0n) is 14.7. The molecule has 2 aliphatic rings. The smallest absolute Gasteiger partial charge is 0.321 e. The van der Waals surface area contributed by atoms with Crippen LogP contribution in [0.5, 0.6) is 0 Å². The third kappa shape index (κ3) is 4.77. The van der Waals surface area contributed by atoms with Crippen molar-refractivity contribution >= 4 is 29.0 Å². The maximum absolute atomic E-state index is 12.8. The molecule has 2 fully saturated rings. The number of anilines is 2. The Morgan fingerprint density at radius 2 is 2.16 bits per heavy atom. The molecular weight excluding hydrogens is 342 g/mol. The molecule has 2 heterocycles. The van der Waals surface area contributed by atoms with Crippen LogP contribution in [0, 0.1) is 0 Å². The molecule has 138 valence electrons. The summed E-state index contributed by atoms with van der Waals surface area (Å²) >= 11 is 6.16. The minimum atomic E-state index is -0.116. The van der Waals surface area contributed by atoms with Crippen molar-refractivity contribution in [2.45, 2.75) is 25.9 Å². The average molecular weight is 368 g/mol. The highest BCUT2D eigenvalue weighted by atomic mass is 35.5. The average Bonchev–Trinajstić information content (AvgIpc) is 3.13. The van der Waals surface area contributed by atoms with E-state index in [0.717, 1.165) is 43.9 Å². The Kier molecular flexibility index (Phi) is 6.39. The topological polar surface area (TPSA) is 54.0 Å². The normalized spacial score (nSPS) is 20.6. The molecule has 6 nitrogen and oxygen atoms in total. The molecule has 2 aliphatic heterocycles. The van der Waals surface area contributed by atoms with Gasteiger partial charge < -0.3 is 24.6 Å². The molecule has 1 aromatic rings. The van der Waals surface area contributed by atoms with Gasteiger partial charge in [-0.25, -0.2) is 4.79 Å². The second-order valence-electron chi connectivity index (χ2n) is 6.36. The number of carbonyl (C=O) groups is 1. The summed E-state index contributed by atoms with van der Waals surface area (Å²) in [4.78, 5) is 16.8. The lowest BCUT2D eigenvalue weighted by Crippen LogP contribution is -2.41. The lowest BCUT2D eigenvalue weighted by molar-refractivity contribution is 0.0849. The van der Waals surface area contributed by atoms with E-state index >= 15 is 0 Å². The van der Waals surface area contributed by atoms with E-state index in [1.807, 2.05) is 25.1 Å². The Morgan fingerprint density at radius 1 is 1.36 bits per heavy atom. The number of carbonyl (C=O) groups excluding carboxylic acids is 1. The predicted octanol–water partition coefficient (Wildman–Crippen LogP) is 3.21. The van der Waals surface area contributed by atoms with Gasteiger partial charge >= 0.3 is 6.03 Å². The van der Waals surface area contributed by atoms with Crippen LogP contribution in [0.15, 0.2) is 18.2 Å². The van der Waals surface area contributed by atoms with Crippen molar-refractivity contribution in [3.8, 4) is 0 Å². The highest BCUT2D eigenvalue weighted by Crippen LogP contribution is 2.30. The summed E-state index contributed by atoms with van der Waals surface area (Å²) in [7, 11) is 0. The molecule has 0 unspecified atom stereocenters. The number of rotatable bonds is 5. The van der Waals surface area contributed by atoms with E-state index in [-0.39, 0.29) is 12.1 Å². The Hall–Kier alpha value is -1.50. The highest BCUT2D eigenvalue weighted by Gasteiger charge is 2.23. The van der Waals surface area contributed by atoms with E-state index < -0.39 is 0 Å². The quantitative estimate of drug-likeness (QED) is 0.868. The summed E-state index contributed by atoms with van der Waals surface area (Å²) in [6, 6.07) is 5.50. The number of urea groups is 1. The summed E-state index contributed by atoms with van der Waals surface area (Å²) in [6.07, 6.45) is 2.23. The second kappa shape index (κ2) is 8.74. The summed E-state index contributed by atoms with van der Waals surface area (Å²) in [5.74, 6) is 0. The lowest BCUT2D eigenvalue weighted by atomic mass is 10.2. The van der Waals surface area contributed by atoms with Crippen LogP contribution >= 0.6 is 11.6 Å². The molecule has 0 radical (unpaired) electrons. The number of likely N-dealkylation sites (N-methyl/N-ethyl adjacent to an activating group) is 1. The van der Waals surface area contributed by atoms with Gasteiger partial charge in [0.25, 0.3) is 0 Å². The van der Waals surface area contributed by atoms with Crippen molar-refractivity contribution in [3.63, 3.8) is 0 Å². The molecule has 0 aliphatic carbocycles. The van der Waals surface area contributed by atoms with Crippen molar-refractivity contribution in [2.24, 2.45) is 0 Å². The molecule has 2 amide bonds. The fourth-order valence-corrected chi connectivity index (χ4v) is 3.44. The fourth-order valence-electron chi connectivity index (χ4n) is 3.27. The van der Waals surface area contributed by atoms with E-state index in [2.05, 4.69) is 10.2 Å². The van der Waals surface area contributed by atoms with Gasteiger partial charge in [0.2, 0.25) is 0 Å². The number of hydrogen-bond acceptors (Lipinski definition) is 4. The molecule has 3 rings (SSSR count). The minimum Gasteiger partial charge on any atom is -0.378 e. The van der Waals surface area contributed by atoms with Crippen LogP contribution < -0.4 is 10.2 Å². The summed E-state index contributed by atoms with van der Waals surface area (Å²) in [5.41, 5.74) is 1.72. The second-order valence-corrected chi connectivity index (χ2v) is 6.80. The first-order chi connectivity index (χ1) is 12.2. The fraction of sp³-hybridized carbons (Fsp3) is 0.611. The largest absolute Gasteiger partial charge is 0.378 e. The zero-order chi connectivity index (χ0) is 17.6. The van der Waals surface area contributed by atoms with Crippen molar-refractivity contribution in [1.29, 1.82) is 0 Å². The van der Waals surface area contributed by atoms with E-state index in [9.17, 15) is 4.79 Å². The first kappa shape index (κ1) is 18.3. The highest BCUT2D eigenvalue weighted by molar-refractivity contribution is 6.31. The number of morpholine rings is 1. The Balaban J connectivity index is 1.71. The van der Waals surface area contributed by atoms with Gasteiger partial charge in [-0.05, 0) is 38.0 Å². The van der Waals surface area contributed by atoms with E-state index in [4.69, 9.17) is 21.1 Å². The van der Waals surface area contributed by atoms with Crippen LogP contribution in [-0.4, -0.2) is 63.0 Å². The SMILES string of the molecule is CCN(C[C@H]1CCCO1)C(=O)Nc1cc(Cl)ccc1N1CCOCC1. The number of hydrogen-bond donors (Lipinski definition) is 1. The predicted molar refractivity (Wildman–Crippen MR) is 99.7 cm³/mol. The monoisotopic (exact) mass is 367 g/mol. The van der Waals surface area contributed by atoms with Crippen molar-refractivity contribution < 1.29 is 14.3 Å². The minimum absolute atomic E-state index is 0.116. The van der Waals surface area contributed by atoms with Gasteiger partial charge in [-0.15, -0.1) is 0 Å². The van der Waals surface area contributed by atoms with E-state index in [1.54, 1.807) is 4.90 Å². The molecule has 1 atom stereocenters. The number of halogens is 1.